The van der Waals surface area contributed by atoms with E-state index in [0.717, 1.165) is 0 Å². The molecule has 30 rings (SSSR count). The average molecular weight is 1830 g/mol. The van der Waals surface area contributed by atoms with E-state index in [4.69, 9.17) is 0 Å². The van der Waals surface area contributed by atoms with Crippen LogP contribution in [0.5, 0.6) is 0 Å². The van der Waals surface area contributed by atoms with E-state index in [9.17, 15) is 0 Å². The summed E-state index contributed by atoms with van der Waals surface area (Å²) in [6.07, 6.45) is 0. The van der Waals surface area contributed by atoms with Gasteiger partial charge in [-0.15, -0.1) is 0 Å². The van der Waals surface area contributed by atoms with Crippen molar-refractivity contribution in [2.45, 2.75) is 35.5 Å². The van der Waals surface area contributed by atoms with Crippen LogP contribution in [0.2, 0.25) is 0 Å². The molecule has 0 fully saturated rings. The van der Waals surface area contributed by atoms with Crippen LogP contribution in [0.15, 0.2) is 546 Å². The smallest absolute Gasteiger partial charge is 0.0352 e. The second kappa shape index (κ2) is 35.1. The summed E-state index contributed by atoms with van der Waals surface area (Å²) in [7, 11) is 0. The molecule has 672 valence electrons. The Morgan fingerprint density at radius 3 is 0.576 bits per heavy atom. The topological polar surface area (TPSA) is 0 Å². The van der Waals surface area contributed by atoms with Crippen LogP contribution < -0.4 is 0 Å². The maximum atomic E-state index is 2.54. The summed E-state index contributed by atoms with van der Waals surface area (Å²) in [5, 5.41) is 7.64. The highest BCUT2D eigenvalue weighted by molar-refractivity contribution is 6.04. The van der Waals surface area contributed by atoms with Crippen molar-refractivity contribution in [3.05, 3.63) is 646 Å². The van der Waals surface area contributed by atoms with E-state index < -0.39 is 0 Å². The number of hydrogen-bond acceptors (Lipinski definition) is 0. The fraction of sp³-hybridized carbons (Fsp3) is 0.0417. The molecule has 0 heteroatoms. The van der Waals surface area contributed by atoms with E-state index in [0.29, 0.717) is 0 Å². The highest BCUT2D eigenvalue weighted by Gasteiger charge is 2.41. The largest absolute Gasteiger partial charge is 0.0622 e. The minimum Gasteiger partial charge on any atom is -0.0622 e. The van der Waals surface area contributed by atoms with Gasteiger partial charge in [0.15, 0.2) is 0 Å². The van der Waals surface area contributed by atoms with Gasteiger partial charge in [-0.2, -0.15) is 0 Å². The van der Waals surface area contributed by atoms with Crippen molar-refractivity contribution in [3.8, 4) is 134 Å². The fourth-order valence-corrected chi connectivity index (χ4v) is 25.4. The lowest BCUT2D eigenvalue weighted by Gasteiger charge is -2.19. The first kappa shape index (κ1) is 84.2. The highest BCUT2D eigenvalue weighted by atomic mass is 14.4. The Morgan fingerprint density at radius 2 is 0.299 bits per heavy atom. The molecule has 0 saturated carbocycles. The molecule has 0 spiro atoms. The van der Waals surface area contributed by atoms with E-state index in [1.165, 1.54) is 266 Å². The van der Waals surface area contributed by atoms with Crippen molar-refractivity contribution in [3.63, 3.8) is 0 Å². The first-order chi connectivity index (χ1) is 71.4. The summed E-state index contributed by atoms with van der Waals surface area (Å²) in [4.78, 5) is 0. The molecule has 24 aromatic carbocycles. The summed E-state index contributed by atoms with van der Waals surface area (Å²) in [5.41, 5.74) is 56.3. The van der Waals surface area contributed by atoms with Crippen LogP contribution in [0.3, 0.4) is 0 Å². The van der Waals surface area contributed by atoms with Gasteiger partial charge < -0.3 is 0 Å². The number of fused-ring (bicyclic) bond motifs is 21. The molecule has 0 saturated heterocycles. The van der Waals surface area contributed by atoms with Gasteiger partial charge in [0.05, 0.1) is 0 Å². The van der Waals surface area contributed by atoms with Crippen molar-refractivity contribution in [2.75, 3.05) is 0 Å². The number of benzene rings is 24. The maximum Gasteiger partial charge on any atom is 0.0352 e. The average Bonchev–Trinajstić information content (AvgIpc) is 1.56. The summed E-state index contributed by atoms with van der Waals surface area (Å²) in [6.45, 7) is 0. The molecule has 0 amide bonds. The van der Waals surface area contributed by atoms with Crippen LogP contribution >= 0.6 is 0 Å². The van der Waals surface area contributed by atoms with Crippen LogP contribution in [-0.2, 0) is 0 Å². The zero-order valence-corrected chi connectivity index (χ0v) is 79.4. The first-order valence-corrected chi connectivity index (χ1v) is 50.7. The third-order valence-electron chi connectivity index (χ3n) is 31.8. The van der Waals surface area contributed by atoms with Gasteiger partial charge in [0.25, 0.3) is 0 Å². The monoisotopic (exact) mass is 1820 g/mol. The Labute approximate surface area is 841 Å². The lowest BCUT2D eigenvalue weighted by Crippen LogP contribution is -2.03. The second-order valence-corrected chi connectivity index (χ2v) is 39.6. The number of rotatable bonds is 12. The van der Waals surface area contributed by atoms with E-state index in [2.05, 4.69) is 546 Å². The zero-order chi connectivity index (χ0) is 94.8. The summed E-state index contributed by atoms with van der Waals surface area (Å²) >= 11 is 0. The summed E-state index contributed by atoms with van der Waals surface area (Å²) < 4.78 is 0. The Hall–Kier alpha value is -17.9. The fourth-order valence-electron chi connectivity index (χ4n) is 25.4. The molecule has 6 aliphatic rings. The molecule has 0 N–H and O–H groups in total. The van der Waals surface area contributed by atoms with Crippen LogP contribution in [0, 0.1) is 0 Å². The van der Waals surface area contributed by atoms with E-state index >= 15 is 0 Å². The lowest BCUT2D eigenvalue weighted by atomic mass is 9.84. The third-order valence-corrected chi connectivity index (χ3v) is 31.8. The van der Waals surface area contributed by atoms with Gasteiger partial charge in [-0.3, -0.25) is 0 Å². The van der Waals surface area contributed by atoms with Gasteiger partial charge in [0.2, 0.25) is 0 Å². The molecule has 6 atom stereocenters. The quantitative estimate of drug-likeness (QED) is 0.114. The van der Waals surface area contributed by atoms with Gasteiger partial charge in [0.1, 0.15) is 0 Å². The van der Waals surface area contributed by atoms with Gasteiger partial charge in [-0.25, -0.2) is 0 Å². The predicted molar refractivity (Wildman–Crippen MR) is 601 cm³/mol. The molecule has 0 radical (unpaired) electrons. The third kappa shape index (κ3) is 14.3. The minimum absolute atomic E-state index is 0.163. The highest BCUT2D eigenvalue weighted by Crippen LogP contribution is 2.61. The van der Waals surface area contributed by atoms with Gasteiger partial charge in [-0.05, 0) is 321 Å². The molecule has 0 bridgehead atoms. The van der Waals surface area contributed by atoms with Gasteiger partial charge in [0, 0.05) is 35.5 Å². The molecule has 0 heterocycles. The van der Waals surface area contributed by atoms with Crippen molar-refractivity contribution >= 4 is 32.3 Å². The molecule has 144 heavy (non-hydrogen) atoms. The first-order valence-electron chi connectivity index (χ1n) is 50.7. The normalized spacial score (nSPS) is 15.5. The molecule has 0 aromatic heterocycles. The Bertz CT molecular complexity index is 8810. The van der Waals surface area contributed by atoms with Crippen molar-refractivity contribution in [2.24, 2.45) is 0 Å². The lowest BCUT2D eigenvalue weighted by molar-refractivity contribution is 0.982. The van der Waals surface area contributed by atoms with Gasteiger partial charge in [-0.1, -0.05) is 491 Å². The molecule has 24 aromatic rings. The Morgan fingerprint density at radius 1 is 0.0903 bits per heavy atom. The minimum atomic E-state index is 0.163. The van der Waals surface area contributed by atoms with E-state index in [-0.39, 0.29) is 35.5 Å². The molecule has 0 aliphatic heterocycles. The molecule has 6 aliphatic carbocycles. The molecular formula is C144H96. The summed E-state index contributed by atoms with van der Waals surface area (Å²) in [5.74, 6) is 1.24. The van der Waals surface area contributed by atoms with Crippen LogP contribution in [0.1, 0.15) is 136 Å². The van der Waals surface area contributed by atoms with Crippen LogP contribution in [0.4, 0.5) is 0 Å². The maximum absolute atomic E-state index is 2.54. The molecular weight excluding hydrogens is 1730 g/mol. The molecule has 0 nitrogen and oxygen atoms in total. The van der Waals surface area contributed by atoms with Gasteiger partial charge >= 0.3 is 0 Å². The summed E-state index contributed by atoms with van der Waals surface area (Å²) in [6, 6.07) is 203. The zero-order valence-electron chi connectivity index (χ0n) is 79.4. The van der Waals surface area contributed by atoms with Crippen molar-refractivity contribution < 1.29 is 0 Å². The van der Waals surface area contributed by atoms with Crippen LogP contribution in [0.25, 0.3) is 166 Å². The Balaban J connectivity index is 0.000000105. The molecule has 6 unspecified atom stereocenters. The van der Waals surface area contributed by atoms with Crippen LogP contribution in [-0.4, -0.2) is 0 Å². The van der Waals surface area contributed by atoms with Crippen molar-refractivity contribution in [1.29, 1.82) is 0 Å². The van der Waals surface area contributed by atoms with E-state index in [1.807, 2.05) is 0 Å². The SMILES string of the molecule is c1ccc(-c2cc(-c3ccc(C4c5ccccc5-c5cc6c(cc54)C(c4ccccc4)c4ccccc4-6)cc3)cc3ccccc23)cc1.c1ccc(-c2cc(-c3ccc(C4c5ccccc5-c5cc6c(cc54)C(c4ccccc4)c4ccccc4-6)cc3)cc3ccccc23)cc1.c1ccc(-c2cc(-c3cccc(C4c5ccccc5-c5cc6c(cc54)C(c4ccccc4)c4ccccc4-6)c3)cc3ccccc23)cc1. The number of hydrogen-bond donors (Lipinski definition) is 0. The van der Waals surface area contributed by atoms with E-state index in [1.54, 1.807) is 0 Å². The van der Waals surface area contributed by atoms with Crippen molar-refractivity contribution in [1.82, 2.24) is 0 Å². The Kier molecular flexibility index (Phi) is 20.5. The predicted octanol–water partition coefficient (Wildman–Crippen LogP) is 37.5. The standard InChI is InChI=1S/3C48H32/c1-3-14-31(15-4-1)42-28-36(27-34-18-7-8-21-37(34)42)33-19-13-20-35(26-33)48-41-25-12-10-23-39(41)44-29-43-38-22-9-11-24-40(38)47(45(43)30-46(44)48)32-16-5-2-6-17-32;2*1-3-13-32(14-4-1)42-28-36(27-35-17-7-8-18-37(35)42)31-23-25-34(26-24-31)48-41-22-12-10-20-39(41)44-29-43-38-19-9-11-21-40(38)47(45(43)30-46(44)48)33-15-5-2-6-16-33/h3*1-30,47-48H. The second-order valence-electron chi connectivity index (χ2n) is 39.6.